The SMILES string of the molecule is O=C(CC1(O)CCCCC1)N1CCC[C@@H]1c1ccc(Cc2cccc(C(F)(F)F)c2)cn1. The molecule has 1 amide bonds. The molecule has 0 unspecified atom stereocenters. The number of amides is 1. The van der Waals surface area contributed by atoms with Gasteiger partial charge in [0.15, 0.2) is 0 Å². The molecule has 1 saturated heterocycles. The van der Waals surface area contributed by atoms with E-state index in [0.717, 1.165) is 49.4 Å². The Balaban J connectivity index is 1.42. The van der Waals surface area contributed by atoms with Crippen LogP contribution in [0.1, 0.15) is 79.8 Å². The monoisotopic (exact) mass is 446 g/mol. The zero-order valence-electron chi connectivity index (χ0n) is 18.1. The summed E-state index contributed by atoms with van der Waals surface area (Å²) in [5, 5.41) is 10.8. The summed E-state index contributed by atoms with van der Waals surface area (Å²) in [5.74, 6) is -0.0215. The molecule has 1 aromatic heterocycles. The Morgan fingerprint density at radius 1 is 1.09 bits per heavy atom. The Kier molecular flexibility index (Phi) is 6.56. The second-order valence-corrected chi connectivity index (χ2v) is 9.17. The van der Waals surface area contributed by atoms with E-state index in [4.69, 9.17) is 0 Å². The highest BCUT2D eigenvalue weighted by Crippen LogP contribution is 2.36. The molecule has 4 rings (SSSR count). The summed E-state index contributed by atoms with van der Waals surface area (Å²) in [6, 6.07) is 8.96. The number of pyridine rings is 1. The van der Waals surface area contributed by atoms with Crippen LogP contribution in [0.15, 0.2) is 42.6 Å². The molecule has 1 N–H and O–H groups in total. The Bertz CT molecular complexity index is 937. The van der Waals surface area contributed by atoms with Crippen LogP contribution in [0, 0.1) is 0 Å². The molecule has 2 aliphatic rings. The zero-order chi connectivity index (χ0) is 22.8. The summed E-state index contributed by atoms with van der Waals surface area (Å²) < 4.78 is 38.8. The van der Waals surface area contributed by atoms with Gasteiger partial charge in [0.2, 0.25) is 5.91 Å². The molecule has 2 aromatic rings. The zero-order valence-corrected chi connectivity index (χ0v) is 18.1. The number of benzene rings is 1. The first-order valence-electron chi connectivity index (χ1n) is 11.4. The predicted molar refractivity (Wildman–Crippen MR) is 115 cm³/mol. The van der Waals surface area contributed by atoms with Crippen LogP contribution >= 0.6 is 0 Å². The van der Waals surface area contributed by atoms with Gasteiger partial charge in [-0.05, 0) is 55.4 Å². The number of rotatable bonds is 5. The van der Waals surface area contributed by atoms with Crippen molar-refractivity contribution in [2.75, 3.05) is 6.54 Å². The molecular weight excluding hydrogens is 417 g/mol. The summed E-state index contributed by atoms with van der Waals surface area (Å²) in [6.45, 7) is 0.660. The maximum Gasteiger partial charge on any atom is 0.416 e. The lowest BCUT2D eigenvalue weighted by molar-refractivity contribution is -0.139. The van der Waals surface area contributed by atoms with Crippen molar-refractivity contribution in [2.24, 2.45) is 0 Å². The van der Waals surface area contributed by atoms with E-state index in [9.17, 15) is 23.1 Å². The molecule has 1 aliphatic carbocycles. The third-order valence-corrected chi connectivity index (χ3v) is 6.69. The molecule has 7 heteroatoms. The predicted octanol–water partition coefficient (Wildman–Crippen LogP) is 5.44. The normalized spacial score (nSPS) is 21.0. The van der Waals surface area contributed by atoms with Crippen LogP contribution in [0.5, 0.6) is 0 Å². The minimum Gasteiger partial charge on any atom is -0.389 e. The molecule has 1 saturated carbocycles. The average molecular weight is 447 g/mol. The van der Waals surface area contributed by atoms with Crippen LogP contribution in [0.3, 0.4) is 0 Å². The maximum atomic E-state index is 13.0. The highest BCUT2D eigenvalue weighted by atomic mass is 19.4. The Morgan fingerprint density at radius 2 is 1.88 bits per heavy atom. The third-order valence-electron chi connectivity index (χ3n) is 6.69. The minimum atomic E-state index is -4.36. The van der Waals surface area contributed by atoms with Crippen LogP contribution in [0.4, 0.5) is 13.2 Å². The molecular formula is C25H29F3N2O2. The van der Waals surface area contributed by atoms with E-state index in [1.54, 1.807) is 12.3 Å². The number of halogens is 3. The van der Waals surface area contributed by atoms with Gasteiger partial charge >= 0.3 is 6.18 Å². The second-order valence-electron chi connectivity index (χ2n) is 9.17. The number of hydrogen-bond donors (Lipinski definition) is 1. The van der Waals surface area contributed by atoms with Crippen LogP contribution in [-0.4, -0.2) is 33.0 Å². The first-order chi connectivity index (χ1) is 15.2. The minimum absolute atomic E-state index is 0.0215. The Labute approximate surface area is 186 Å². The van der Waals surface area contributed by atoms with Gasteiger partial charge in [0.1, 0.15) is 0 Å². The molecule has 2 fully saturated rings. The fourth-order valence-electron chi connectivity index (χ4n) is 4.97. The van der Waals surface area contributed by atoms with Crippen molar-refractivity contribution in [2.45, 2.75) is 75.6 Å². The van der Waals surface area contributed by atoms with Gasteiger partial charge in [-0.2, -0.15) is 13.2 Å². The summed E-state index contributed by atoms with van der Waals surface area (Å²) in [6.07, 6.45) is 3.96. The smallest absolute Gasteiger partial charge is 0.389 e. The number of aromatic nitrogens is 1. The van der Waals surface area contributed by atoms with E-state index in [1.807, 2.05) is 17.0 Å². The molecule has 172 valence electrons. The number of likely N-dealkylation sites (tertiary alicyclic amines) is 1. The lowest BCUT2D eigenvalue weighted by Crippen LogP contribution is -2.40. The van der Waals surface area contributed by atoms with E-state index in [-0.39, 0.29) is 18.4 Å². The maximum absolute atomic E-state index is 13.0. The third kappa shape index (κ3) is 5.31. The lowest BCUT2D eigenvalue weighted by Gasteiger charge is -2.34. The van der Waals surface area contributed by atoms with Crippen LogP contribution in [0.2, 0.25) is 0 Å². The van der Waals surface area contributed by atoms with Crippen LogP contribution < -0.4 is 0 Å². The van der Waals surface area contributed by atoms with E-state index in [0.29, 0.717) is 31.4 Å². The standard InChI is InChI=1S/C25H29F3N2O2/c26-25(27,28)20-7-4-6-18(15-20)14-19-9-10-21(29-17-19)22-8-5-13-30(22)23(31)16-24(32)11-2-1-3-12-24/h4,6-7,9-10,15,17,22,32H,1-3,5,8,11-14,16H2/t22-/m1/s1. The number of hydrogen-bond acceptors (Lipinski definition) is 3. The van der Waals surface area contributed by atoms with Crippen molar-refractivity contribution in [3.05, 3.63) is 65.0 Å². The van der Waals surface area contributed by atoms with Crippen molar-refractivity contribution >= 4 is 5.91 Å². The molecule has 0 bridgehead atoms. The summed E-state index contributed by atoms with van der Waals surface area (Å²) in [4.78, 5) is 19.4. The van der Waals surface area contributed by atoms with Gasteiger partial charge in [-0.15, -0.1) is 0 Å². The molecule has 4 nitrogen and oxygen atoms in total. The number of carbonyl (C=O) groups excluding carboxylic acids is 1. The number of aliphatic hydroxyl groups is 1. The van der Waals surface area contributed by atoms with Crippen molar-refractivity contribution in [3.63, 3.8) is 0 Å². The molecule has 2 heterocycles. The summed E-state index contributed by atoms with van der Waals surface area (Å²) >= 11 is 0. The van der Waals surface area contributed by atoms with Gasteiger partial charge in [-0.1, -0.05) is 43.5 Å². The molecule has 1 aliphatic heterocycles. The quantitative estimate of drug-likeness (QED) is 0.665. The fourth-order valence-corrected chi connectivity index (χ4v) is 4.97. The Hall–Kier alpha value is -2.41. The lowest BCUT2D eigenvalue weighted by atomic mass is 9.82. The van der Waals surface area contributed by atoms with E-state index < -0.39 is 17.3 Å². The van der Waals surface area contributed by atoms with Gasteiger partial charge in [-0.3, -0.25) is 9.78 Å². The van der Waals surface area contributed by atoms with Crippen molar-refractivity contribution in [1.29, 1.82) is 0 Å². The van der Waals surface area contributed by atoms with E-state index in [1.165, 1.54) is 12.1 Å². The first kappa shape index (κ1) is 22.8. The van der Waals surface area contributed by atoms with Gasteiger partial charge in [0, 0.05) is 12.7 Å². The molecule has 32 heavy (non-hydrogen) atoms. The largest absolute Gasteiger partial charge is 0.416 e. The van der Waals surface area contributed by atoms with Crippen molar-refractivity contribution < 1.29 is 23.1 Å². The number of alkyl halides is 3. The van der Waals surface area contributed by atoms with E-state index in [2.05, 4.69) is 4.98 Å². The van der Waals surface area contributed by atoms with Gasteiger partial charge < -0.3 is 10.0 Å². The highest BCUT2D eigenvalue weighted by Gasteiger charge is 2.37. The van der Waals surface area contributed by atoms with Crippen LogP contribution in [0.25, 0.3) is 0 Å². The topological polar surface area (TPSA) is 53.4 Å². The Morgan fingerprint density at radius 3 is 2.56 bits per heavy atom. The van der Waals surface area contributed by atoms with Crippen molar-refractivity contribution in [1.82, 2.24) is 9.88 Å². The average Bonchev–Trinajstić information content (AvgIpc) is 3.24. The van der Waals surface area contributed by atoms with E-state index >= 15 is 0 Å². The fraction of sp³-hybridized carbons (Fsp3) is 0.520. The number of carbonyl (C=O) groups is 1. The summed E-state index contributed by atoms with van der Waals surface area (Å²) in [7, 11) is 0. The van der Waals surface area contributed by atoms with Crippen molar-refractivity contribution in [3.8, 4) is 0 Å². The first-order valence-corrected chi connectivity index (χ1v) is 11.4. The summed E-state index contributed by atoms with van der Waals surface area (Å²) in [5.41, 5.74) is 0.650. The van der Waals surface area contributed by atoms with Gasteiger partial charge in [-0.25, -0.2) is 0 Å². The molecule has 1 atom stereocenters. The van der Waals surface area contributed by atoms with Gasteiger partial charge in [0.25, 0.3) is 0 Å². The van der Waals surface area contributed by atoms with Crippen LogP contribution in [-0.2, 0) is 17.4 Å². The number of nitrogens with zero attached hydrogens (tertiary/aromatic N) is 2. The molecule has 0 radical (unpaired) electrons. The molecule has 1 aromatic carbocycles. The van der Waals surface area contributed by atoms with Gasteiger partial charge in [0.05, 0.1) is 29.3 Å². The highest BCUT2D eigenvalue weighted by molar-refractivity contribution is 5.78. The molecule has 0 spiro atoms. The second kappa shape index (κ2) is 9.22.